The number of aromatic nitrogens is 4. The van der Waals surface area contributed by atoms with Crippen LogP contribution in [0.15, 0.2) is 45.7 Å². The lowest BCUT2D eigenvalue weighted by molar-refractivity contribution is 0.303. The van der Waals surface area contributed by atoms with Gasteiger partial charge in [-0.1, -0.05) is 33.6 Å². The summed E-state index contributed by atoms with van der Waals surface area (Å²) in [6.07, 6.45) is 0. The van der Waals surface area contributed by atoms with E-state index in [4.69, 9.17) is 16.3 Å². The van der Waals surface area contributed by atoms with E-state index >= 15 is 0 Å². The third-order valence-electron chi connectivity index (χ3n) is 3.30. The standard InChI is InChI=1S/C15H12BrClN4O2/c1-9-7-10(16)5-6-14(9)23-8-11-12(17)3-2-4-13(11)21-15(22)18-19-20-21/h2-7H,8H2,1H3,(H,18,20,22). The van der Waals surface area contributed by atoms with E-state index < -0.39 is 5.69 Å². The topological polar surface area (TPSA) is 72.8 Å². The summed E-state index contributed by atoms with van der Waals surface area (Å²) in [6, 6.07) is 11.0. The molecule has 0 fully saturated rings. The fraction of sp³-hybridized carbons (Fsp3) is 0.133. The van der Waals surface area contributed by atoms with Gasteiger partial charge in [0.1, 0.15) is 12.4 Å². The number of halogens is 2. The number of benzene rings is 2. The highest BCUT2D eigenvalue weighted by atomic mass is 79.9. The van der Waals surface area contributed by atoms with Crippen LogP contribution >= 0.6 is 27.5 Å². The van der Waals surface area contributed by atoms with E-state index in [0.29, 0.717) is 16.3 Å². The van der Waals surface area contributed by atoms with E-state index in [1.165, 1.54) is 0 Å². The Morgan fingerprint density at radius 1 is 1.35 bits per heavy atom. The van der Waals surface area contributed by atoms with Crippen LogP contribution < -0.4 is 10.4 Å². The number of aromatic amines is 1. The van der Waals surface area contributed by atoms with E-state index in [1.54, 1.807) is 18.2 Å². The summed E-state index contributed by atoms with van der Waals surface area (Å²) >= 11 is 9.68. The summed E-state index contributed by atoms with van der Waals surface area (Å²) in [7, 11) is 0. The van der Waals surface area contributed by atoms with Gasteiger partial charge >= 0.3 is 5.69 Å². The van der Waals surface area contributed by atoms with Gasteiger partial charge in [0.25, 0.3) is 0 Å². The van der Waals surface area contributed by atoms with Crippen molar-refractivity contribution >= 4 is 27.5 Å². The van der Waals surface area contributed by atoms with Gasteiger partial charge in [-0.25, -0.2) is 9.89 Å². The molecule has 23 heavy (non-hydrogen) atoms. The second-order valence-electron chi connectivity index (χ2n) is 4.85. The third kappa shape index (κ3) is 3.30. The minimum absolute atomic E-state index is 0.205. The lowest BCUT2D eigenvalue weighted by atomic mass is 10.2. The first-order valence-electron chi connectivity index (χ1n) is 6.73. The van der Waals surface area contributed by atoms with Gasteiger partial charge in [-0.3, -0.25) is 0 Å². The Morgan fingerprint density at radius 2 is 2.17 bits per heavy atom. The summed E-state index contributed by atoms with van der Waals surface area (Å²) in [5, 5.41) is 10.0. The number of rotatable bonds is 4. The number of nitrogens with one attached hydrogen (secondary N) is 1. The van der Waals surface area contributed by atoms with Gasteiger partial charge in [-0.15, -0.1) is 0 Å². The third-order valence-corrected chi connectivity index (χ3v) is 4.15. The van der Waals surface area contributed by atoms with E-state index in [-0.39, 0.29) is 6.61 Å². The van der Waals surface area contributed by atoms with Crippen molar-refractivity contribution in [1.82, 2.24) is 20.2 Å². The molecule has 3 rings (SSSR count). The lowest BCUT2D eigenvalue weighted by Crippen LogP contribution is -2.18. The van der Waals surface area contributed by atoms with Crippen LogP contribution in [0, 0.1) is 6.92 Å². The van der Waals surface area contributed by atoms with E-state index in [9.17, 15) is 4.79 Å². The van der Waals surface area contributed by atoms with Crippen molar-refractivity contribution in [2.24, 2.45) is 0 Å². The summed E-state index contributed by atoms with van der Waals surface area (Å²) in [5.41, 5.74) is 1.75. The van der Waals surface area contributed by atoms with Crippen LogP contribution in [0.4, 0.5) is 0 Å². The zero-order chi connectivity index (χ0) is 16.4. The maximum Gasteiger partial charge on any atom is 0.365 e. The summed E-state index contributed by atoms with van der Waals surface area (Å²) in [5.74, 6) is 0.742. The van der Waals surface area contributed by atoms with Crippen molar-refractivity contribution in [3.8, 4) is 11.4 Å². The van der Waals surface area contributed by atoms with E-state index in [0.717, 1.165) is 20.5 Å². The zero-order valence-corrected chi connectivity index (χ0v) is 14.4. The Kier molecular flexibility index (Phi) is 4.49. The Balaban J connectivity index is 1.94. The van der Waals surface area contributed by atoms with E-state index in [2.05, 4.69) is 31.5 Å². The van der Waals surface area contributed by atoms with Crippen molar-refractivity contribution in [2.75, 3.05) is 0 Å². The van der Waals surface area contributed by atoms with Gasteiger partial charge in [0, 0.05) is 15.1 Å². The molecule has 0 radical (unpaired) electrons. The maximum absolute atomic E-state index is 11.7. The number of aryl methyl sites for hydroxylation is 1. The molecule has 1 aromatic heterocycles. The maximum atomic E-state index is 11.7. The lowest BCUT2D eigenvalue weighted by Gasteiger charge is -2.13. The van der Waals surface area contributed by atoms with Gasteiger partial charge in [-0.05, 0) is 53.2 Å². The first-order valence-corrected chi connectivity index (χ1v) is 7.90. The largest absolute Gasteiger partial charge is 0.488 e. The summed E-state index contributed by atoms with van der Waals surface area (Å²) in [4.78, 5) is 11.7. The van der Waals surface area contributed by atoms with Crippen molar-refractivity contribution in [3.05, 3.63) is 67.5 Å². The summed E-state index contributed by atoms with van der Waals surface area (Å²) in [6.45, 7) is 2.16. The first kappa shape index (κ1) is 15.8. The molecule has 0 aliphatic rings. The van der Waals surface area contributed by atoms with Gasteiger partial charge in [0.15, 0.2) is 0 Å². The molecular formula is C15H12BrClN4O2. The van der Waals surface area contributed by atoms with Crippen molar-refractivity contribution in [1.29, 1.82) is 0 Å². The second-order valence-corrected chi connectivity index (χ2v) is 6.18. The SMILES string of the molecule is Cc1cc(Br)ccc1OCc1c(Cl)cccc1-n1nn[nH]c1=O. The minimum atomic E-state index is -0.437. The Bertz CT molecular complexity index is 906. The quantitative estimate of drug-likeness (QED) is 0.736. The van der Waals surface area contributed by atoms with E-state index in [1.807, 2.05) is 25.1 Å². The normalized spacial score (nSPS) is 10.7. The second kappa shape index (κ2) is 6.55. The van der Waals surface area contributed by atoms with Crippen molar-refractivity contribution < 1.29 is 4.74 Å². The van der Waals surface area contributed by atoms with Crippen LogP contribution in [0.2, 0.25) is 5.02 Å². The molecule has 3 aromatic rings. The highest BCUT2D eigenvalue weighted by Gasteiger charge is 2.13. The van der Waals surface area contributed by atoms with Crippen LogP contribution in [-0.2, 0) is 6.61 Å². The van der Waals surface area contributed by atoms with Crippen molar-refractivity contribution in [3.63, 3.8) is 0 Å². The predicted octanol–water partition coefficient (Wildman–Crippen LogP) is 3.26. The van der Waals surface area contributed by atoms with Crippen LogP contribution in [0.5, 0.6) is 5.75 Å². The van der Waals surface area contributed by atoms with Crippen LogP contribution in [0.3, 0.4) is 0 Å². The highest BCUT2D eigenvalue weighted by molar-refractivity contribution is 9.10. The smallest absolute Gasteiger partial charge is 0.365 e. The first-order chi connectivity index (χ1) is 11.1. The molecule has 1 N–H and O–H groups in total. The van der Waals surface area contributed by atoms with Crippen LogP contribution in [0.25, 0.3) is 5.69 Å². The molecule has 118 valence electrons. The van der Waals surface area contributed by atoms with Crippen molar-refractivity contribution in [2.45, 2.75) is 13.5 Å². The molecule has 0 unspecified atom stereocenters. The number of hydrogen-bond acceptors (Lipinski definition) is 4. The van der Waals surface area contributed by atoms with Crippen LogP contribution in [-0.4, -0.2) is 20.2 Å². The molecule has 2 aromatic carbocycles. The molecule has 6 nitrogen and oxygen atoms in total. The summed E-state index contributed by atoms with van der Waals surface area (Å²) < 4.78 is 7.99. The molecule has 1 heterocycles. The average Bonchev–Trinajstić information content (AvgIpc) is 2.93. The minimum Gasteiger partial charge on any atom is -0.488 e. The zero-order valence-electron chi connectivity index (χ0n) is 12.1. The number of H-pyrrole nitrogens is 1. The fourth-order valence-corrected chi connectivity index (χ4v) is 2.87. The van der Waals surface area contributed by atoms with Gasteiger partial charge in [-0.2, -0.15) is 4.68 Å². The number of tetrazole rings is 1. The Labute approximate surface area is 145 Å². The number of hydrogen-bond donors (Lipinski definition) is 1. The van der Waals surface area contributed by atoms with Crippen LogP contribution in [0.1, 0.15) is 11.1 Å². The molecule has 0 saturated carbocycles. The Morgan fingerprint density at radius 3 is 2.87 bits per heavy atom. The average molecular weight is 396 g/mol. The molecule has 0 saturated heterocycles. The number of ether oxygens (including phenoxy) is 1. The molecule has 0 amide bonds. The monoisotopic (exact) mass is 394 g/mol. The fourth-order valence-electron chi connectivity index (χ4n) is 2.17. The molecule has 0 atom stereocenters. The molecule has 0 spiro atoms. The molecule has 0 aliphatic carbocycles. The highest BCUT2D eigenvalue weighted by Crippen LogP contribution is 2.27. The van der Waals surface area contributed by atoms with Gasteiger partial charge in [0.05, 0.1) is 5.69 Å². The molecular weight excluding hydrogens is 384 g/mol. The van der Waals surface area contributed by atoms with Gasteiger partial charge in [0.2, 0.25) is 0 Å². The molecule has 0 aliphatic heterocycles. The predicted molar refractivity (Wildman–Crippen MR) is 90.2 cm³/mol. The number of nitrogens with zero attached hydrogens (tertiary/aromatic N) is 3. The molecule has 8 heteroatoms. The molecule has 0 bridgehead atoms. The Hall–Kier alpha value is -2.12. The van der Waals surface area contributed by atoms with Gasteiger partial charge < -0.3 is 4.74 Å².